The van der Waals surface area contributed by atoms with Crippen LogP contribution < -0.4 is 0 Å². The van der Waals surface area contributed by atoms with E-state index in [0.717, 1.165) is 0 Å². The van der Waals surface area contributed by atoms with Gasteiger partial charge in [-0.15, -0.1) is 0 Å². The van der Waals surface area contributed by atoms with Crippen molar-refractivity contribution in [3.8, 4) is 0 Å². The van der Waals surface area contributed by atoms with Crippen molar-refractivity contribution < 1.29 is 25.5 Å². The van der Waals surface area contributed by atoms with E-state index in [2.05, 4.69) is 9.97 Å². The van der Waals surface area contributed by atoms with Crippen molar-refractivity contribution in [3.63, 3.8) is 0 Å². The minimum absolute atomic E-state index is 0.128. The molecule has 0 radical (unpaired) electrons. The van der Waals surface area contributed by atoms with Crippen molar-refractivity contribution in [2.24, 2.45) is 0 Å². The Bertz CT molecular complexity index is 382. The fourth-order valence-electron chi connectivity index (χ4n) is 1.45. The standard InChI is InChI=1S/C12H20N2O5/c1-6(15)10(17)3-8-4-14-9(5-13-8)12(19)11(18)7(2)16/h4-7,10-12,15-19H,3H2,1-2H3. The molecule has 5 N–H and O–H groups in total. The minimum atomic E-state index is -1.34. The third-order valence-electron chi connectivity index (χ3n) is 2.82. The molecule has 1 heterocycles. The van der Waals surface area contributed by atoms with Crippen LogP contribution in [0.2, 0.25) is 0 Å². The zero-order valence-electron chi connectivity index (χ0n) is 10.9. The minimum Gasteiger partial charge on any atom is -0.391 e. The summed E-state index contributed by atoms with van der Waals surface area (Å²) < 4.78 is 0. The first-order chi connectivity index (χ1) is 8.82. The molecule has 1 rings (SSSR count). The summed E-state index contributed by atoms with van der Waals surface area (Å²) in [5.74, 6) is 0. The summed E-state index contributed by atoms with van der Waals surface area (Å²) in [6.07, 6.45) is -2.82. The summed E-state index contributed by atoms with van der Waals surface area (Å²) in [4.78, 5) is 7.90. The molecule has 1 aromatic rings. The third kappa shape index (κ3) is 4.48. The average molecular weight is 272 g/mol. The Morgan fingerprint density at radius 1 is 0.947 bits per heavy atom. The van der Waals surface area contributed by atoms with E-state index in [0.29, 0.717) is 5.69 Å². The van der Waals surface area contributed by atoms with E-state index in [-0.39, 0.29) is 12.1 Å². The van der Waals surface area contributed by atoms with Crippen LogP contribution in [-0.4, -0.2) is 59.9 Å². The van der Waals surface area contributed by atoms with Gasteiger partial charge in [0.1, 0.15) is 12.2 Å². The molecule has 0 amide bonds. The maximum absolute atomic E-state index is 9.72. The first-order valence-corrected chi connectivity index (χ1v) is 6.04. The lowest BCUT2D eigenvalue weighted by atomic mass is 10.1. The summed E-state index contributed by atoms with van der Waals surface area (Å²) >= 11 is 0. The van der Waals surface area contributed by atoms with Crippen LogP contribution >= 0.6 is 0 Å². The fourth-order valence-corrected chi connectivity index (χ4v) is 1.45. The van der Waals surface area contributed by atoms with Gasteiger partial charge in [0.2, 0.25) is 0 Å². The van der Waals surface area contributed by atoms with Gasteiger partial charge in [-0.3, -0.25) is 9.97 Å². The highest BCUT2D eigenvalue weighted by Crippen LogP contribution is 2.16. The topological polar surface area (TPSA) is 127 Å². The maximum Gasteiger partial charge on any atom is 0.126 e. The quantitative estimate of drug-likeness (QED) is 0.428. The van der Waals surface area contributed by atoms with Crippen LogP contribution in [0.1, 0.15) is 31.3 Å². The van der Waals surface area contributed by atoms with Crippen molar-refractivity contribution in [2.45, 2.75) is 50.8 Å². The summed E-state index contributed by atoms with van der Waals surface area (Å²) in [5.41, 5.74) is 0.583. The van der Waals surface area contributed by atoms with Crippen LogP contribution in [0.15, 0.2) is 12.4 Å². The molecule has 7 heteroatoms. The van der Waals surface area contributed by atoms with Gasteiger partial charge in [0.25, 0.3) is 0 Å². The second kappa shape index (κ2) is 6.88. The number of hydrogen-bond donors (Lipinski definition) is 5. The molecule has 0 aliphatic carbocycles. The zero-order valence-corrected chi connectivity index (χ0v) is 10.9. The second-order valence-corrected chi connectivity index (χ2v) is 4.62. The second-order valence-electron chi connectivity index (χ2n) is 4.62. The van der Waals surface area contributed by atoms with Crippen molar-refractivity contribution in [2.75, 3.05) is 0 Å². The monoisotopic (exact) mass is 272 g/mol. The number of aliphatic hydroxyl groups excluding tert-OH is 5. The summed E-state index contributed by atoms with van der Waals surface area (Å²) in [6, 6.07) is 0. The lowest BCUT2D eigenvalue weighted by molar-refractivity contribution is -0.0549. The maximum atomic E-state index is 9.72. The highest BCUT2D eigenvalue weighted by atomic mass is 16.4. The normalized spacial score (nSPS) is 19.5. The molecular formula is C12H20N2O5. The van der Waals surface area contributed by atoms with E-state index >= 15 is 0 Å². The van der Waals surface area contributed by atoms with Gasteiger partial charge in [-0.2, -0.15) is 0 Å². The largest absolute Gasteiger partial charge is 0.391 e. The van der Waals surface area contributed by atoms with Gasteiger partial charge >= 0.3 is 0 Å². The molecule has 108 valence electrons. The zero-order chi connectivity index (χ0) is 14.6. The van der Waals surface area contributed by atoms with Crippen molar-refractivity contribution in [3.05, 3.63) is 23.8 Å². The Labute approximate surface area is 111 Å². The molecule has 5 unspecified atom stereocenters. The molecule has 0 aliphatic rings. The summed E-state index contributed by atoms with van der Waals surface area (Å²) in [5, 5.41) is 47.0. The van der Waals surface area contributed by atoms with Crippen LogP contribution in [0.4, 0.5) is 0 Å². The molecular weight excluding hydrogens is 252 g/mol. The molecule has 0 spiro atoms. The van der Waals surface area contributed by atoms with Gasteiger partial charge < -0.3 is 25.5 Å². The van der Waals surface area contributed by atoms with Gasteiger partial charge in [0, 0.05) is 12.6 Å². The third-order valence-corrected chi connectivity index (χ3v) is 2.82. The number of aromatic nitrogens is 2. The van der Waals surface area contributed by atoms with Crippen LogP contribution in [-0.2, 0) is 6.42 Å². The predicted octanol–water partition coefficient (Wildman–Crippen LogP) is -1.46. The smallest absolute Gasteiger partial charge is 0.126 e. The Kier molecular flexibility index (Phi) is 5.77. The molecule has 7 nitrogen and oxygen atoms in total. The molecule has 0 saturated carbocycles. The number of hydrogen-bond acceptors (Lipinski definition) is 7. The SMILES string of the molecule is CC(O)C(O)Cc1cnc(C(O)C(O)C(C)O)cn1. The van der Waals surface area contributed by atoms with E-state index in [1.165, 1.54) is 26.2 Å². The molecule has 19 heavy (non-hydrogen) atoms. The first-order valence-electron chi connectivity index (χ1n) is 6.04. The van der Waals surface area contributed by atoms with E-state index < -0.39 is 30.5 Å². The Morgan fingerprint density at radius 3 is 2.00 bits per heavy atom. The van der Waals surface area contributed by atoms with Gasteiger partial charge in [0.15, 0.2) is 0 Å². The fraction of sp³-hybridized carbons (Fsp3) is 0.667. The number of rotatable bonds is 6. The molecule has 0 aromatic carbocycles. The summed E-state index contributed by atoms with van der Waals surface area (Å²) in [6.45, 7) is 2.82. The highest BCUT2D eigenvalue weighted by molar-refractivity contribution is 5.07. The number of nitrogens with zero attached hydrogens (tertiary/aromatic N) is 2. The van der Waals surface area contributed by atoms with Gasteiger partial charge in [-0.25, -0.2) is 0 Å². The lowest BCUT2D eigenvalue weighted by Gasteiger charge is -2.19. The van der Waals surface area contributed by atoms with Crippen LogP contribution in [0.3, 0.4) is 0 Å². The summed E-state index contributed by atoms with van der Waals surface area (Å²) in [7, 11) is 0. The Hall–Kier alpha value is -1.12. The Morgan fingerprint density at radius 2 is 1.58 bits per heavy atom. The van der Waals surface area contributed by atoms with Crippen LogP contribution in [0.5, 0.6) is 0 Å². The average Bonchev–Trinajstić information content (AvgIpc) is 2.37. The van der Waals surface area contributed by atoms with Crippen LogP contribution in [0.25, 0.3) is 0 Å². The molecule has 1 aromatic heterocycles. The lowest BCUT2D eigenvalue weighted by Crippen LogP contribution is -2.30. The van der Waals surface area contributed by atoms with Crippen molar-refractivity contribution in [1.29, 1.82) is 0 Å². The van der Waals surface area contributed by atoms with Gasteiger partial charge in [-0.05, 0) is 13.8 Å². The molecule has 0 saturated heterocycles. The van der Waals surface area contributed by atoms with Gasteiger partial charge in [0.05, 0.1) is 35.9 Å². The predicted molar refractivity (Wildman–Crippen MR) is 66.1 cm³/mol. The Balaban J connectivity index is 2.71. The van der Waals surface area contributed by atoms with Crippen molar-refractivity contribution in [1.82, 2.24) is 9.97 Å². The van der Waals surface area contributed by atoms with Crippen molar-refractivity contribution >= 4 is 0 Å². The van der Waals surface area contributed by atoms with E-state index in [9.17, 15) is 15.3 Å². The number of aliphatic hydroxyl groups is 5. The van der Waals surface area contributed by atoms with E-state index in [1.54, 1.807) is 0 Å². The molecule has 0 fully saturated rings. The molecule has 5 atom stereocenters. The van der Waals surface area contributed by atoms with Crippen LogP contribution in [0, 0.1) is 0 Å². The van der Waals surface area contributed by atoms with E-state index in [1.807, 2.05) is 0 Å². The highest BCUT2D eigenvalue weighted by Gasteiger charge is 2.24. The van der Waals surface area contributed by atoms with E-state index in [4.69, 9.17) is 10.2 Å². The first kappa shape index (κ1) is 15.9. The molecule has 0 aliphatic heterocycles. The molecule has 0 bridgehead atoms. The van der Waals surface area contributed by atoms with Gasteiger partial charge in [-0.1, -0.05) is 0 Å².